The average molecular weight is 393 g/mol. The summed E-state index contributed by atoms with van der Waals surface area (Å²) in [6.07, 6.45) is 3.92. The lowest BCUT2D eigenvalue weighted by Crippen LogP contribution is -2.42. The van der Waals surface area contributed by atoms with Crippen molar-refractivity contribution in [1.82, 2.24) is 4.90 Å². The average Bonchev–Trinajstić information content (AvgIpc) is 3.12. The van der Waals surface area contributed by atoms with Gasteiger partial charge in [-0.25, -0.2) is 0 Å². The summed E-state index contributed by atoms with van der Waals surface area (Å²) >= 11 is 3.80. The number of rotatable bonds is 2. The number of nitrogens with zero attached hydrogens (tertiary/aromatic N) is 2. The Hall–Kier alpha value is -0.780. The second kappa shape index (κ2) is 5.39. The Morgan fingerprint density at radius 3 is 2.82 bits per heavy atom. The first-order chi connectivity index (χ1) is 10.4. The molecule has 2 aromatic rings. The van der Waals surface area contributed by atoms with E-state index in [9.17, 15) is 0 Å². The zero-order chi connectivity index (χ0) is 13.9. The van der Waals surface area contributed by atoms with Crippen LogP contribution in [0.1, 0.15) is 24.1 Å². The van der Waals surface area contributed by atoms with Gasteiger partial charge in [-0.15, -0.1) is 28.3 Å². The molecule has 1 saturated carbocycles. The summed E-state index contributed by atoms with van der Waals surface area (Å²) in [5.41, 5.74) is 1.78. The number of aliphatic imine (C=N–C) groups is 1. The normalized spacial score (nSPS) is 21.9. The van der Waals surface area contributed by atoms with Crippen LogP contribution in [0.2, 0.25) is 0 Å². The quantitative estimate of drug-likeness (QED) is 0.700. The zero-order valence-corrected chi connectivity index (χ0v) is 15.5. The van der Waals surface area contributed by atoms with Gasteiger partial charge in [0.15, 0.2) is 5.17 Å². The number of hydrogen-bond acceptors (Lipinski definition) is 4. The molecule has 1 fully saturated rings. The van der Waals surface area contributed by atoms with Gasteiger partial charge in [-0.2, -0.15) is 0 Å². The Bertz CT molecular complexity index is 756. The molecule has 0 unspecified atom stereocenters. The van der Waals surface area contributed by atoms with Crippen LogP contribution in [0, 0.1) is 0 Å². The summed E-state index contributed by atoms with van der Waals surface area (Å²) in [4.78, 5) is 8.63. The van der Waals surface area contributed by atoms with Crippen molar-refractivity contribution in [2.75, 3.05) is 13.1 Å². The predicted octanol–water partition coefficient (Wildman–Crippen LogP) is 5.16. The third-order valence-corrected chi connectivity index (χ3v) is 7.18. The Labute approximate surface area is 149 Å². The van der Waals surface area contributed by atoms with E-state index in [1.54, 1.807) is 4.88 Å². The number of halogens is 1. The fourth-order valence-electron chi connectivity index (χ4n) is 3.67. The van der Waals surface area contributed by atoms with Gasteiger partial charge in [-0.05, 0) is 35.8 Å². The molecule has 2 aliphatic heterocycles. The van der Waals surface area contributed by atoms with Gasteiger partial charge >= 0.3 is 0 Å². The van der Waals surface area contributed by atoms with E-state index in [-0.39, 0.29) is 22.4 Å². The van der Waals surface area contributed by atoms with Crippen molar-refractivity contribution in [3.8, 4) is 0 Å². The van der Waals surface area contributed by atoms with Crippen molar-refractivity contribution >= 4 is 55.3 Å². The van der Waals surface area contributed by atoms with Crippen LogP contribution < -0.4 is 0 Å². The van der Waals surface area contributed by atoms with Gasteiger partial charge in [0.25, 0.3) is 0 Å². The SMILES string of the molecule is Br.C1=C(C2(c3cc4ccccc4s3)CCC2)N2CCN=C2S1. The van der Waals surface area contributed by atoms with Gasteiger partial charge in [0.05, 0.1) is 6.54 Å². The molecule has 3 heterocycles. The van der Waals surface area contributed by atoms with Gasteiger partial charge < -0.3 is 4.90 Å². The number of thiophene rings is 1. The Balaban J connectivity index is 0.00000125. The summed E-state index contributed by atoms with van der Waals surface area (Å²) in [5.74, 6) is 0. The van der Waals surface area contributed by atoms with Crippen LogP contribution in [0.5, 0.6) is 0 Å². The highest BCUT2D eigenvalue weighted by atomic mass is 79.9. The molecule has 114 valence electrons. The molecule has 5 rings (SSSR count). The van der Waals surface area contributed by atoms with Gasteiger partial charge in [0.1, 0.15) is 0 Å². The number of hydrogen-bond donors (Lipinski definition) is 0. The minimum absolute atomic E-state index is 0. The van der Waals surface area contributed by atoms with Gasteiger partial charge in [0, 0.05) is 27.2 Å². The van der Waals surface area contributed by atoms with Crippen molar-refractivity contribution < 1.29 is 0 Å². The second-order valence-electron chi connectivity index (χ2n) is 6.02. The van der Waals surface area contributed by atoms with Crippen molar-refractivity contribution in [3.63, 3.8) is 0 Å². The van der Waals surface area contributed by atoms with Crippen LogP contribution in [-0.4, -0.2) is 23.2 Å². The maximum atomic E-state index is 4.61. The monoisotopic (exact) mass is 392 g/mol. The first-order valence-corrected chi connectivity index (χ1v) is 9.25. The van der Waals surface area contributed by atoms with E-state index in [0.29, 0.717) is 0 Å². The van der Waals surface area contributed by atoms with Crippen molar-refractivity contribution in [2.24, 2.45) is 4.99 Å². The molecule has 5 heteroatoms. The minimum atomic E-state index is 0. The van der Waals surface area contributed by atoms with E-state index in [2.05, 4.69) is 45.6 Å². The lowest BCUT2D eigenvalue weighted by atomic mass is 9.65. The highest BCUT2D eigenvalue weighted by Crippen LogP contribution is 2.55. The number of benzene rings is 1. The maximum absolute atomic E-state index is 4.61. The second-order valence-corrected chi connectivity index (χ2v) is 7.94. The van der Waals surface area contributed by atoms with E-state index < -0.39 is 0 Å². The molecule has 0 saturated heterocycles. The third-order valence-electron chi connectivity index (χ3n) is 4.96. The third kappa shape index (κ3) is 1.95. The number of allylic oxidation sites excluding steroid dienone is 1. The molecule has 0 bridgehead atoms. The molecule has 0 atom stereocenters. The zero-order valence-electron chi connectivity index (χ0n) is 12.1. The molecular weight excluding hydrogens is 376 g/mol. The highest BCUT2D eigenvalue weighted by molar-refractivity contribution is 8.93. The summed E-state index contributed by atoms with van der Waals surface area (Å²) in [7, 11) is 0. The van der Waals surface area contributed by atoms with Crippen molar-refractivity contribution in [3.05, 3.63) is 46.3 Å². The minimum Gasteiger partial charge on any atom is -0.321 e. The Morgan fingerprint density at radius 1 is 1.18 bits per heavy atom. The van der Waals surface area contributed by atoms with E-state index in [0.717, 1.165) is 13.1 Å². The Morgan fingerprint density at radius 2 is 2.05 bits per heavy atom. The van der Waals surface area contributed by atoms with Crippen LogP contribution in [0.3, 0.4) is 0 Å². The number of amidine groups is 1. The highest BCUT2D eigenvalue weighted by Gasteiger charge is 2.48. The van der Waals surface area contributed by atoms with Gasteiger partial charge in [-0.1, -0.05) is 36.4 Å². The molecule has 1 aromatic carbocycles. The molecular formula is C17H17BrN2S2. The summed E-state index contributed by atoms with van der Waals surface area (Å²) in [5, 5.41) is 4.98. The molecule has 2 nitrogen and oxygen atoms in total. The fourth-order valence-corrected chi connectivity index (χ4v) is 6.04. The maximum Gasteiger partial charge on any atom is 0.167 e. The summed E-state index contributed by atoms with van der Waals surface area (Å²) < 4.78 is 1.42. The molecule has 0 radical (unpaired) electrons. The van der Waals surface area contributed by atoms with E-state index in [4.69, 9.17) is 0 Å². The smallest absolute Gasteiger partial charge is 0.167 e. The lowest BCUT2D eigenvalue weighted by Gasteiger charge is -2.44. The largest absolute Gasteiger partial charge is 0.321 e. The van der Waals surface area contributed by atoms with Crippen LogP contribution in [0.15, 0.2) is 46.4 Å². The first-order valence-electron chi connectivity index (χ1n) is 7.55. The van der Waals surface area contributed by atoms with E-state index in [1.807, 2.05) is 23.1 Å². The molecule has 1 aliphatic carbocycles. The van der Waals surface area contributed by atoms with Gasteiger partial charge in [-0.3, -0.25) is 4.99 Å². The lowest BCUT2D eigenvalue weighted by molar-refractivity contribution is 0.257. The van der Waals surface area contributed by atoms with Crippen molar-refractivity contribution in [1.29, 1.82) is 0 Å². The molecule has 1 aromatic heterocycles. The van der Waals surface area contributed by atoms with Crippen LogP contribution in [-0.2, 0) is 5.41 Å². The standard InChI is InChI=1S/C17H16N2S2.BrH/c1-2-5-13-12(4-1)10-15(21-13)17(6-3-7-17)14-11-20-16-18-8-9-19(14)16;/h1-2,4-5,10-11H,3,6-9H2;1H. The van der Waals surface area contributed by atoms with Gasteiger partial charge in [0.2, 0.25) is 0 Å². The Kier molecular flexibility index (Phi) is 3.62. The summed E-state index contributed by atoms with van der Waals surface area (Å²) in [6, 6.07) is 11.2. The van der Waals surface area contributed by atoms with E-state index >= 15 is 0 Å². The number of thioether (sulfide) groups is 1. The topological polar surface area (TPSA) is 15.6 Å². The predicted molar refractivity (Wildman–Crippen MR) is 102 cm³/mol. The molecule has 0 N–H and O–H groups in total. The number of fused-ring (bicyclic) bond motifs is 2. The fraction of sp³-hybridized carbons (Fsp3) is 0.353. The van der Waals surface area contributed by atoms with Crippen LogP contribution in [0.4, 0.5) is 0 Å². The molecule has 0 amide bonds. The van der Waals surface area contributed by atoms with Crippen LogP contribution >= 0.6 is 40.1 Å². The first kappa shape index (κ1) is 14.8. The molecule has 0 spiro atoms. The molecule has 3 aliphatic rings. The van der Waals surface area contributed by atoms with Crippen LogP contribution in [0.25, 0.3) is 10.1 Å². The van der Waals surface area contributed by atoms with Crippen molar-refractivity contribution in [2.45, 2.75) is 24.7 Å². The van der Waals surface area contributed by atoms with E-state index in [1.165, 1.54) is 40.2 Å². The molecule has 22 heavy (non-hydrogen) atoms. The summed E-state index contributed by atoms with van der Waals surface area (Å²) in [6.45, 7) is 2.03.